The molecule has 0 atom stereocenters. The van der Waals surface area contributed by atoms with Crippen LogP contribution in [0.1, 0.15) is 68.6 Å². The number of rotatable bonds is 6. The molecule has 0 radical (unpaired) electrons. The van der Waals surface area contributed by atoms with Gasteiger partial charge in [-0.25, -0.2) is 9.59 Å². The van der Waals surface area contributed by atoms with Crippen molar-refractivity contribution in [3.05, 3.63) is 90.6 Å². The van der Waals surface area contributed by atoms with Gasteiger partial charge in [0.15, 0.2) is 0 Å². The van der Waals surface area contributed by atoms with Crippen molar-refractivity contribution in [1.29, 1.82) is 0 Å². The number of ketones is 1. The molecule has 0 saturated carbocycles. The van der Waals surface area contributed by atoms with Crippen LogP contribution in [0.4, 0.5) is 0 Å². The van der Waals surface area contributed by atoms with Gasteiger partial charge in [0.25, 0.3) is 5.56 Å². The molecule has 2 heterocycles. The number of benzene rings is 1. The zero-order valence-electron chi connectivity index (χ0n) is 18.1. The van der Waals surface area contributed by atoms with Crippen molar-refractivity contribution in [2.45, 2.75) is 40.2 Å². The predicted molar refractivity (Wildman–Crippen MR) is 114 cm³/mol. The summed E-state index contributed by atoms with van der Waals surface area (Å²) in [4.78, 5) is 53.7. The third kappa shape index (κ3) is 4.28. The molecule has 8 nitrogen and oxygen atoms in total. The second-order valence-corrected chi connectivity index (χ2v) is 7.72. The van der Waals surface area contributed by atoms with Crippen LogP contribution in [-0.4, -0.2) is 28.4 Å². The van der Waals surface area contributed by atoms with Crippen molar-refractivity contribution < 1.29 is 18.7 Å². The van der Waals surface area contributed by atoms with Gasteiger partial charge >= 0.3 is 11.7 Å². The van der Waals surface area contributed by atoms with E-state index in [1.54, 1.807) is 26.0 Å². The number of aromatic amines is 1. The third-order valence-electron chi connectivity index (χ3n) is 4.96. The molecule has 162 valence electrons. The fourth-order valence-electron chi connectivity index (χ4n) is 3.59. The summed E-state index contributed by atoms with van der Waals surface area (Å²) in [5, 5.41) is 0. The minimum atomic E-state index is -0.769. The maximum Gasteiger partial charge on any atom is 0.341 e. The summed E-state index contributed by atoms with van der Waals surface area (Å²) in [5.41, 5.74) is 1.10. The van der Waals surface area contributed by atoms with Crippen molar-refractivity contribution in [3.63, 3.8) is 0 Å². The van der Waals surface area contributed by atoms with Gasteiger partial charge in [0.2, 0.25) is 5.78 Å². The monoisotopic (exact) mass is 424 g/mol. The number of hydrogen-bond donors (Lipinski definition) is 1. The molecule has 0 saturated heterocycles. The molecule has 1 aromatic carbocycles. The van der Waals surface area contributed by atoms with Gasteiger partial charge < -0.3 is 14.1 Å². The Hall–Kier alpha value is -3.68. The van der Waals surface area contributed by atoms with Crippen molar-refractivity contribution >= 4 is 11.8 Å². The van der Waals surface area contributed by atoms with Crippen LogP contribution >= 0.6 is 0 Å². The lowest BCUT2D eigenvalue weighted by atomic mass is 9.96. The number of H-pyrrole nitrogens is 1. The van der Waals surface area contributed by atoms with Gasteiger partial charge in [0.1, 0.15) is 11.3 Å². The first-order valence-electron chi connectivity index (χ1n) is 9.78. The van der Waals surface area contributed by atoms with Gasteiger partial charge in [0.05, 0.1) is 25.6 Å². The van der Waals surface area contributed by atoms with Crippen molar-refractivity contribution in [3.8, 4) is 0 Å². The maximum absolute atomic E-state index is 13.2. The van der Waals surface area contributed by atoms with Crippen LogP contribution in [-0.2, 0) is 11.3 Å². The number of nitrogens with zero attached hydrogens (tertiary/aromatic N) is 1. The summed E-state index contributed by atoms with van der Waals surface area (Å²) < 4.78 is 10.9. The fourth-order valence-corrected chi connectivity index (χ4v) is 3.59. The Balaban J connectivity index is 2.14. The second-order valence-electron chi connectivity index (χ2n) is 7.72. The molecule has 0 aliphatic rings. The number of methoxy groups -OCH3 is 1. The third-order valence-corrected chi connectivity index (χ3v) is 4.96. The first-order valence-corrected chi connectivity index (χ1v) is 9.78. The van der Waals surface area contributed by atoms with Gasteiger partial charge in [0, 0.05) is 11.1 Å². The Morgan fingerprint density at radius 3 is 2.35 bits per heavy atom. The highest BCUT2D eigenvalue weighted by Gasteiger charge is 2.24. The van der Waals surface area contributed by atoms with Gasteiger partial charge in [-0.2, -0.15) is 0 Å². The number of furan rings is 1. The predicted octanol–water partition coefficient (Wildman–Crippen LogP) is 2.94. The average Bonchev–Trinajstić information content (AvgIpc) is 3.16. The molecule has 0 aliphatic heterocycles. The number of carbonyl (C=O) groups is 2. The normalized spacial score (nSPS) is 11.0. The van der Waals surface area contributed by atoms with E-state index in [0.717, 1.165) is 15.7 Å². The Morgan fingerprint density at radius 2 is 1.77 bits per heavy atom. The van der Waals surface area contributed by atoms with Crippen LogP contribution in [0.15, 0.2) is 44.5 Å². The van der Waals surface area contributed by atoms with Gasteiger partial charge in [-0.1, -0.05) is 31.0 Å². The number of hydrogen-bond acceptors (Lipinski definition) is 6. The van der Waals surface area contributed by atoms with E-state index in [2.05, 4.69) is 4.98 Å². The zero-order valence-corrected chi connectivity index (χ0v) is 18.1. The molecule has 0 aliphatic carbocycles. The number of aryl methyl sites for hydroxylation is 2. The second kappa shape index (κ2) is 8.59. The summed E-state index contributed by atoms with van der Waals surface area (Å²) in [6, 6.07) is 6.77. The summed E-state index contributed by atoms with van der Waals surface area (Å²) in [6.45, 7) is 7.00. The molecule has 3 aromatic rings. The molecular weight excluding hydrogens is 400 g/mol. The lowest BCUT2D eigenvalue weighted by Gasteiger charge is -2.14. The Kier molecular flexibility index (Phi) is 6.10. The van der Waals surface area contributed by atoms with Crippen LogP contribution in [0.5, 0.6) is 0 Å². The first-order chi connectivity index (χ1) is 14.6. The van der Waals surface area contributed by atoms with E-state index in [4.69, 9.17) is 9.15 Å². The van der Waals surface area contributed by atoms with Crippen molar-refractivity contribution in [2.75, 3.05) is 7.11 Å². The standard InChI is InChI=1S/C23H24N2O6/c1-12(2)18-19(20(26)15-9-13(3)8-14(4)10-15)24-23(29)25(21(18)27)11-17-16(6-7-31-17)22(28)30-5/h6-10,12H,11H2,1-5H3,(H,24,29). The number of aromatic nitrogens is 2. The molecule has 0 fully saturated rings. The van der Waals surface area contributed by atoms with Crippen LogP contribution < -0.4 is 11.2 Å². The largest absolute Gasteiger partial charge is 0.467 e. The van der Waals surface area contributed by atoms with Crippen LogP contribution in [0.3, 0.4) is 0 Å². The number of nitrogens with one attached hydrogen (secondary N) is 1. The van der Waals surface area contributed by atoms with E-state index < -0.39 is 23.0 Å². The van der Waals surface area contributed by atoms with Crippen molar-refractivity contribution in [1.82, 2.24) is 9.55 Å². The highest BCUT2D eigenvalue weighted by Crippen LogP contribution is 2.19. The van der Waals surface area contributed by atoms with Crippen molar-refractivity contribution in [2.24, 2.45) is 0 Å². The topological polar surface area (TPSA) is 111 Å². The molecule has 0 spiro atoms. The van der Waals surface area contributed by atoms with Crippen LogP contribution in [0.2, 0.25) is 0 Å². The summed E-state index contributed by atoms with van der Waals surface area (Å²) in [7, 11) is 1.22. The fraction of sp³-hybridized carbons (Fsp3) is 0.304. The minimum Gasteiger partial charge on any atom is -0.467 e. The highest BCUT2D eigenvalue weighted by atomic mass is 16.5. The molecule has 31 heavy (non-hydrogen) atoms. The highest BCUT2D eigenvalue weighted by molar-refractivity contribution is 6.08. The Labute approximate surface area is 178 Å². The van der Waals surface area contributed by atoms with Crippen LogP contribution in [0.25, 0.3) is 0 Å². The SMILES string of the molecule is COC(=O)c1ccoc1Cn1c(=O)[nH]c(C(=O)c2cc(C)cc(C)c2)c(C(C)C)c1=O. The molecule has 0 unspecified atom stereocenters. The van der Waals surface area contributed by atoms with E-state index in [9.17, 15) is 19.2 Å². The molecular formula is C23H24N2O6. The Bertz CT molecular complexity index is 1260. The maximum atomic E-state index is 13.2. The zero-order chi connectivity index (χ0) is 22.9. The Morgan fingerprint density at radius 1 is 1.13 bits per heavy atom. The summed E-state index contributed by atoms with van der Waals surface area (Å²) in [6.07, 6.45) is 1.28. The number of ether oxygens (including phenoxy) is 1. The molecule has 0 bridgehead atoms. The summed E-state index contributed by atoms with van der Waals surface area (Å²) in [5.74, 6) is -1.29. The molecule has 8 heteroatoms. The molecule has 3 rings (SSSR count). The summed E-state index contributed by atoms with van der Waals surface area (Å²) >= 11 is 0. The van der Waals surface area contributed by atoms with Gasteiger partial charge in [-0.3, -0.25) is 14.2 Å². The lowest BCUT2D eigenvalue weighted by Crippen LogP contribution is -2.40. The van der Waals surface area contributed by atoms with Gasteiger partial charge in [-0.05, 0) is 38.0 Å². The quantitative estimate of drug-likeness (QED) is 0.481. The van der Waals surface area contributed by atoms with E-state index in [1.165, 1.54) is 19.4 Å². The molecule has 1 N–H and O–H groups in total. The first kappa shape index (κ1) is 22.0. The van der Waals surface area contributed by atoms with E-state index >= 15 is 0 Å². The molecule has 0 amide bonds. The van der Waals surface area contributed by atoms with E-state index in [-0.39, 0.29) is 35.0 Å². The van der Waals surface area contributed by atoms with E-state index in [0.29, 0.717) is 5.56 Å². The smallest absolute Gasteiger partial charge is 0.341 e. The van der Waals surface area contributed by atoms with Crippen LogP contribution in [0, 0.1) is 13.8 Å². The number of esters is 1. The minimum absolute atomic E-state index is 0.0288. The lowest BCUT2D eigenvalue weighted by molar-refractivity contribution is 0.0597. The molecule has 2 aromatic heterocycles. The van der Waals surface area contributed by atoms with Gasteiger partial charge in [-0.15, -0.1) is 0 Å². The average molecular weight is 424 g/mol. The van der Waals surface area contributed by atoms with E-state index in [1.807, 2.05) is 19.9 Å². The number of carbonyl (C=O) groups excluding carboxylic acids is 2.